The minimum atomic E-state index is -0.0419. The highest BCUT2D eigenvalue weighted by atomic mass is 16.5. The maximum Gasteiger partial charge on any atom is 0.227 e. The lowest BCUT2D eigenvalue weighted by Gasteiger charge is -2.28. The van der Waals surface area contributed by atoms with E-state index in [2.05, 4.69) is 64.5 Å². The third-order valence-corrected chi connectivity index (χ3v) is 6.15. The minimum absolute atomic E-state index is 0.0249. The van der Waals surface area contributed by atoms with E-state index in [1.54, 1.807) is 0 Å². The summed E-state index contributed by atoms with van der Waals surface area (Å²) in [6, 6.07) is 14.6. The number of aromatic nitrogens is 2. The fourth-order valence-corrected chi connectivity index (χ4v) is 4.37. The number of anilines is 1. The summed E-state index contributed by atoms with van der Waals surface area (Å²) in [6.07, 6.45) is 4.57. The molecule has 0 aliphatic carbocycles. The number of nitrogens with zero attached hydrogens (tertiary/aromatic N) is 3. The number of aryl methyl sites for hydroxylation is 3. The summed E-state index contributed by atoms with van der Waals surface area (Å²) in [5, 5.41) is 7.17. The monoisotopic (exact) mass is 432 g/mol. The molecule has 2 aromatic carbocycles. The Bertz CT molecular complexity index is 1050. The lowest BCUT2D eigenvalue weighted by molar-refractivity contribution is -0.121. The first-order valence-electron chi connectivity index (χ1n) is 11.5. The fourth-order valence-electron chi connectivity index (χ4n) is 4.37. The van der Waals surface area contributed by atoms with Gasteiger partial charge in [-0.15, -0.1) is 0 Å². The Morgan fingerprint density at radius 2 is 1.84 bits per heavy atom. The van der Waals surface area contributed by atoms with Crippen molar-refractivity contribution >= 4 is 11.6 Å². The Morgan fingerprint density at radius 1 is 1.09 bits per heavy atom. The minimum Gasteiger partial charge on any atom is -0.372 e. The predicted octanol–water partition coefficient (Wildman–Crippen LogP) is 5.15. The van der Waals surface area contributed by atoms with E-state index in [0.29, 0.717) is 24.6 Å². The standard InChI is InChI=1S/C26H32N4O2/c1-18-7-12-23(19(2)17-18)20(3)27-24(31)13-14-25-28-26(29-32-25)21-8-10-22(11-9-21)30-15-5-4-6-16-30/h7-12,17,20H,4-6,13-16H2,1-3H3,(H,27,31)/t20-/m1/s1. The number of hydrogen-bond acceptors (Lipinski definition) is 5. The Balaban J connectivity index is 1.30. The summed E-state index contributed by atoms with van der Waals surface area (Å²) in [7, 11) is 0. The van der Waals surface area contributed by atoms with E-state index in [-0.39, 0.29) is 11.9 Å². The first-order chi connectivity index (χ1) is 15.5. The van der Waals surface area contributed by atoms with Gasteiger partial charge in [-0.25, -0.2) is 0 Å². The number of carbonyl (C=O) groups is 1. The Hall–Kier alpha value is -3.15. The van der Waals surface area contributed by atoms with Gasteiger partial charge in [0.1, 0.15) is 0 Å². The van der Waals surface area contributed by atoms with Crippen LogP contribution in [0.1, 0.15) is 61.2 Å². The van der Waals surface area contributed by atoms with Crippen molar-refractivity contribution in [2.75, 3.05) is 18.0 Å². The third-order valence-electron chi connectivity index (χ3n) is 6.15. The van der Waals surface area contributed by atoms with Crippen LogP contribution in [0.5, 0.6) is 0 Å². The van der Waals surface area contributed by atoms with E-state index < -0.39 is 0 Å². The number of rotatable bonds is 7. The van der Waals surface area contributed by atoms with Crippen LogP contribution in [0.3, 0.4) is 0 Å². The highest BCUT2D eigenvalue weighted by Crippen LogP contribution is 2.24. The van der Waals surface area contributed by atoms with Crippen LogP contribution in [0.15, 0.2) is 47.0 Å². The predicted molar refractivity (Wildman–Crippen MR) is 127 cm³/mol. The van der Waals surface area contributed by atoms with Crippen LogP contribution >= 0.6 is 0 Å². The molecule has 0 unspecified atom stereocenters. The Labute approximate surface area is 190 Å². The lowest BCUT2D eigenvalue weighted by Crippen LogP contribution is -2.29. The van der Waals surface area contributed by atoms with Gasteiger partial charge in [-0.3, -0.25) is 4.79 Å². The van der Waals surface area contributed by atoms with Crippen molar-refractivity contribution in [3.05, 3.63) is 65.0 Å². The molecule has 6 heteroatoms. The molecule has 0 radical (unpaired) electrons. The van der Waals surface area contributed by atoms with Crippen molar-refractivity contribution in [3.63, 3.8) is 0 Å². The summed E-state index contributed by atoms with van der Waals surface area (Å²) >= 11 is 0. The summed E-state index contributed by atoms with van der Waals surface area (Å²) < 4.78 is 5.39. The zero-order valence-corrected chi connectivity index (χ0v) is 19.2. The van der Waals surface area contributed by atoms with E-state index in [1.807, 2.05) is 19.1 Å². The van der Waals surface area contributed by atoms with E-state index in [1.165, 1.54) is 36.1 Å². The van der Waals surface area contributed by atoms with E-state index in [0.717, 1.165) is 24.2 Å². The maximum absolute atomic E-state index is 12.4. The molecule has 1 N–H and O–H groups in total. The molecule has 1 atom stereocenters. The molecule has 0 bridgehead atoms. The molecule has 4 rings (SSSR count). The van der Waals surface area contributed by atoms with E-state index >= 15 is 0 Å². The number of piperidine rings is 1. The maximum atomic E-state index is 12.4. The average Bonchev–Trinajstić information content (AvgIpc) is 3.27. The zero-order valence-electron chi connectivity index (χ0n) is 19.2. The summed E-state index contributed by atoms with van der Waals surface area (Å²) in [5.41, 5.74) is 5.71. The van der Waals surface area contributed by atoms with Gasteiger partial charge in [0.15, 0.2) is 0 Å². The second-order valence-corrected chi connectivity index (χ2v) is 8.76. The first-order valence-corrected chi connectivity index (χ1v) is 11.5. The highest BCUT2D eigenvalue weighted by molar-refractivity contribution is 5.76. The van der Waals surface area contributed by atoms with Crippen molar-refractivity contribution in [3.8, 4) is 11.4 Å². The van der Waals surface area contributed by atoms with Crippen LogP contribution in [0.25, 0.3) is 11.4 Å². The van der Waals surface area contributed by atoms with Gasteiger partial charge in [0.05, 0.1) is 6.04 Å². The van der Waals surface area contributed by atoms with Crippen molar-refractivity contribution in [2.24, 2.45) is 0 Å². The molecule has 1 aromatic heterocycles. The molecule has 0 saturated carbocycles. The van der Waals surface area contributed by atoms with Crippen LogP contribution in [-0.4, -0.2) is 29.1 Å². The molecule has 1 aliphatic heterocycles. The second kappa shape index (κ2) is 9.98. The van der Waals surface area contributed by atoms with Gasteiger partial charge in [0, 0.05) is 37.2 Å². The number of benzene rings is 2. The number of carbonyl (C=O) groups excluding carboxylic acids is 1. The number of nitrogens with one attached hydrogen (secondary N) is 1. The van der Waals surface area contributed by atoms with Crippen LogP contribution in [0.2, 0.25) is 0 Å². The van der Waals surface area contributed by atoms with Crippen LogP contribution < -0.4 is 10.2 Å². The molecule has 1 fully saturated rings. The summed E-state index contributed by atoms with van der Waals surface area (Å²) in [4.78, 5) is 19.3. The lowest BCUT2D eigenvalue weighted by atomic mass is 10.00. The Morgan fingerprint density at radius 3 is 2.56 bits per heavy atom. The normalized spacial score (nSPS) is 14.9. The molecule has 32 heavy (non-hydrogen) atoms. The van der Waals surface area contributed by atoms with Gasteiger partial charge in [0.2, 0.25) is 17.6 Å². The summed E-state index contributed by atoms with van der Waals surface area (Å²) in [6.45, 7) is 8.39. The van der Waals surface area contributed by atoms with Crippen molar-refractivity contribution < 1.29 is 9.32 Å². The smallest absolute Gasteiger partial charge is 0.227 e. The Kier molecular flexibility index (Phi) is 6.88. The second-order valence-electron chi connectivity index (χ2n) is 8.76. The SMILES string of the molecule is Cc1ccc([C@@H](C)NC(=O)CCc2nc(-c3ccc(N4CCCCC4)cc3)no2)c(C)c1. The molecular weight excluding hydrogens is 400 g/mol. The van der Waals surface area contributed by atoms with Crippen LogP contribution in [-0.2, 0) is 11.2 Å². The third kappa shape index (κ3) is 5.36. The van der Waals surface area contributed by atoms with Gasteiger partial charge < -0.3 is 14.7 Å². The van der Waals surface area contributed by atoms with Gasteiger partial charge in [-0.05, 0) is 75.4 Å². The molecule has 0 spiro atoms. The van der Waals surface area contributed by atoms with Crippen LogP contribution in [0.4, 0.5) is 5.69 Å². The highest BCUT2D eigenvalue weighted by Gasteiger charge is 2.15. The van der Waals surface area contributed by atoms with Crippen LogP contribution in [0, 0.1) is 13.8 Å². The van der Waals surface area contributed by atoms with Crippen molar-refractivity contribution in [2.45, 2.75) is 58.9 Å². The molecule has 1 amide bonds. The molecule has 2 heterocycles. The van der Waals surface area contributed by atoms with Gasteiger partial charge in [-0.2, -0.15) is 4.98 Å². The fraction of sp³-hybridized carbons (Fsp3) is 0.423. The first kappa shape index (κ1) is 22.1. The van der Waals surface area contributed by atoms with E-state index in [4.69, 9.17) is 4.52 Å². The summed E-state index contributed by atoms with van der Waals surface area (Å²) in [5.74, 6) is 1.02. The topological polar surface area (TPSA) is 71.3 Å². The largest absolute Gasteiger partial charge is 0.372 e. The molecular formula is C26H32N4O2. The molecule has 6 nitrogen and oxygen atoms in total. The average molecular weight is 433 g/mol. The number of amides is 1. The number of hydrogen-bond donors (Lipinski definition) is 1. The molecule has 1 saturated heterocycles. The van der Waals surface area contributed by atoms with Crippen molar-refractivity contribution in [1.29, 1.82) is 0 Å². The molecule has 168 valence electrons. The van der Waals surface area contributed by atoms with Gasteiger partial charge in [-0.1, -0.05) is 28.9 Å². The van der Waals surface area contributed by atoms with Crippen molar-refractivity contribution in [1.82, 2.24) is 15.5 Å². The van der Waals surface area contributed by atoms with Gasteiger partial charge >= 0.3 is 0 Å². The molecule has 3 aromatic rings. The quantitative estimate of drug-likeness (QED) is 0.559. The zero-order chi connectivity index (χ0) is 22.5. The van der Waals surface area contributed by atoms with E-state index in [9.17, 15) is 4.79 Å². The molecule has 1 aliphatic rings. The van der Waals surface area contributed by atoms with Gasteiger partial charge in [0.25, 0.3) is 0 Å².